The Balaban J connectivity index is 2.03. The monoisotopic (exact) mass is 279 g/mol. The maximum Gasteiger partial charge on any atom is 0.119 e. The highest BCUT2D eigenvalue weighted by molar-refractivity contribution is 5.31. The third kappa shape index (κ3) is 3.95. The van der Waals surface area contributed by atoms with Crippen molar-refractivity contribution in [3.8, 4) is 5.75 Å². The van der Waals surface area contributed by atoms with Crippen molar-refractivity contribution in [3.05, 3.63) is 29.8 Å². The second-order valence-corrected chi connectivity index (χ2v) is 5.60. The van der Waals surface area contributed by atoms with Crippen molar-refractivity contribution in [1.29, 1.82) is 0 Å². The number of hydrogen-bond acceptors (Lipinski definition) is 4. The van der Waals surface area contributed by atoms with E-state index in [0.717, 1.165) is 18.7 Å². The number of rotatable bonds is 6. The van der Waals surface area contributed by atoms with Crippen LogP contribution in [0.2, 0.25) is 0 Å². The van der Waals surface area contributed by atoms with Crippen LogP contribution in [0.25, 0.3) is 0 Å². The molecule has 1 aromatic rings. The molecule has 1 N–H and O–H groups in total. The van der Waals surface area contributed by atoms with Gasteiger partial charge in [-0.1, -0.05) is 12.1 Å². The van der Waals surface area contributed by atoms with E-state index in [0.29, 0.717) is 13.2 Å². The van der Waals surface area contributed by atoms with Gasteiger partial charge in [-0.25, -0.2) is 0 Å². The zero-order valence-corrected chi connectivity index (χ0v) is 12.6. The highest BCUT2D eigenvalue weighted by Crippen LogP contribution is 2.33. The van der Waals surface area contributed by atoms with Gasteiger partial charge in [0.25, 0.3) is 0 Å². The van der Waals surface area contributed by atoms with E-state index in [1.807, 2.05) is 26.0 Å². The van der Waals surface area contributed by atoms with Crippen molar-refractivity contribution >= 4 is 0 Å². The molecule has 1 aromatic carbocycles. The van der Waals surface area contributed by atoms with E-state index in [1.165, 1.54) is 5.56 Å². The van der Waals surface area contributed by atoms with E-state index in [4.69, 9.17) is 9.47 Å². The largest absolute Gasteiger partial charge is 0.497 e. The summed E-state index contributed by atoms with van der Waals surface area (Å²) in [6, 6.07) is 8.35. The van der Waals surface area contributed by atoms with Crippen LogP contribution in [0.5, 0.6) is 5.75 Å². The molecule has 112 valence electrons. The zero-order valence-electron chi connectivity index (χ0n) is 12.6. The van der Waals surface area contributed by atoms with Crippen LogP contribution in [0.4, 0.5) is 0 Å². The summed E-state index contributed by atoms with van der Waals surface area (Å²) in [6.45, 7) is 6.34. The Labute approximate surface area is 121 Å². The number of β-amino-alcohol motifs (C(OH)–C–C–N with tert-alkyl or cyclic N) is 1. The quantitative estimate of drug-likeness (QED) is 0.867. The van der Waals surface area contributed by atoms with Gasteiger partial charge in [0, 0.05) is 19.1 Å². The SMILES string of the molecule is COc1cccc([C@H]2C[C@H](O)CN2CCOC(C)C)c1. The minimum absolute atomic E-state index is 0.246. The average molecular weight is 279 g/mol. The van der Waals surface area contributed by atoms with Crippen LogP contribution in [-0.4, -0.2) is 49.0 Å². The van der Waals surface area contributed by atoms with Crippen LogP contribution < -0.4 is 4.74 Å². The standard InChI is InChI=1S/C16H25NO3/c1-12(2)20-8-7-17-11-14(18)10-16(17)13-5-4-6-15(9-13)19-3/h4-6,9,12,14,16,18H,7-8,10-11H2,1-3H3/t14-,16+/m0/s1. The second kappa shape index (κ2) is 7.07. The maximum absolute atomic E-state index is 9.95. The van der Waals surface area contributed by atoms with Gasteiger partial charge in [-0.2, -0.15) is 0 Å². The summed E-state index contributed by atoms with van der Waals surface area (Å²) in [6.07, 6.45) is 0.762. The van der Waals surface area contributed by atoms with Gasteiger partial charge in [0.15, 0.2) is 0 Å². The van der Waals surface area contributed by atoms with E-state index >= 15 is 0 Å². The van der Waals surface area contributed by atoms with Crippen LogP contribution >= 0.6 is 0 Å². The highest BCUT2D eigenvalue weighted by atomic mass is 16.5. The molecule has 2 rings (SSSR count). The van der Waals surface area contributed by atoms with Crippen molar-refractivity contribution in [2.45, 2.75) is 38.5 Å². The van der Waals surface area contributed by atoms with Crippen molar-refractivity contribution in [1.82, 2.24) is 4.90 Å². The first-order valence-corrected chi connectivity index (χ1v) is 7.28. The number of hydrogen-bond donors (Lipinski definition) is 1. The molecular formula is C16H25NO3. The van der Waals surface area contributed by atoms with Crippen LogP contribution in [0, 0.1) is 0 Å². The summed E-state index contributed by atoms with van der Waals surface area (Å²) in [5.41, 5.74) is 1.20. The van der Waals surface area contributed by atoms with Gasteiger partial charge < -0.3 is 14.6 Å². The van der Waals surface area contributed by atoms with Gasteiger partial charge in [0.1, 0.15) is 5.75 Å². The molecule has 4 heteroatoms. The van der Waals surface area contributed by atoms with Gasteiger partial charge in [-0.05, 0) is 38.0 Å². The number of likely N-dealkylation sites (tertiary alicyclic amines) is 1. The first-order chi connectivity index (χ1) is 9.60. The highest BCUT2D eigenvalue weighted by Gasteiger charge is 2.31. The molecule has 0 radical (unpaired) electrons. The molecule has 20 heavy (non-hydrogen) atoms. The summed E-state index contributed by atoms with van der Waals surface area (Å²) in [4.78, 5) is 2.29. The van der Waals surface area contributed by atoms with Crippen LogP contribution in [-0.2, 0) is 4.74 Å². The van der Waals surface area contributed by atoms with Gasteiger partial charge >= 0.3 is 0 Å². The molecule has 4 nitrogen and oxygen atoms in total. The number of methoxy groups -OCH3 is 1. The van der Waals surface area contributed by atoms with Gasteiger partial charge in [-0.15, -0.1) is 0 Å². The molecule has 0 spiro atoms. The molecule has 2 atom stereocenters. The van der Waals surface area contributed by atoms with Crippen LogP contribution in [0.1, 0.15) is 31.9 Å². The van der Waals surface area contributed by atoms with E-state index in [9.17, 15) is 5.11 Å². The Kier molecular flexibility index (Phi) is 5.40. The molecule has 1 heterocycles. The summed E-state index contributed by atoms with van der Waals surface area (Å²) in [5.74, 6) is 0.863. The first-order valence-electron chi connectivity index (χ1n) is 7.28. The fraction of sp³-hybridized carbons (Fsp3) is 0.625. The molecular weight excluding hydrogens is 254 g/mol. The van der Waals surface area contributed by atoms with E-state index in [1.54, 1.807) is 7.11 Å². The third-order valence-corrected chi connectivity index (χ3v) is 3.69. The first kappa shape index (κ1) is 15.3. The summed E-state index contributed by atoms with van der Waals surface area (Å²) >= 11 is 0. The van der Waals surface area contributed by atoms with Crippen molar-refractivity contribution < 1.29 is 14.6 Å². The van der Waals surface area contributed by atoms with Gasteiger partial charge in [0.2, 0.25) is 0 Å². The molecule has 0 saturated carbocycles. The predicted molar refractivity (Wildman–Crippen MR) is 79.0 cm³/mol. The lowest BCUT2D eigenvalue weighted by Gasteiger charge is -2.25. The van der Waals surface area contributed by atoms with E-state index in [2.05, 4.69) is 17.0 Å². The molecule has 0 amide bonds. The normalized spacial score (nSPS) is 23.4. The molecule has 0 bridgehead atoms. The van der Waals surface area contributed by atoms with Crippen molar-refractivity contribution in [2.24, 2.45) is 0 Å². The number of aliphatic hydroxyl groups excluding tert-OH is 1. The lowest BCUT2D eigenvalue weighted by atomic mass is 10.0. The van der Waals surface area contributed by atoms with Gasteiger partial charge in [-0.3, -0.25) is 4.90 Å². The second-order valence-electron chi connectivity index (χ2n) is 5.60. The molecule has 1 aliphatic heterocycles. The molecule has 0 unspecified atom stereocenters. The molecule has 0 aromatic heterocycles. The Morgan fingerprint density at radius 1 is 1.40 bits per heavy atom. The minimum atomic E-state index is -0.259. The van der Waals surface area contributed by atoms with Crippen molar-refractivity contribution in [3.63, 3.8) is 0 Å². The summed E-state index contributed by atoms with van der Waals surface area (Å²) in [7, 11) is 1.68. The third-order valence-electron chi connectivity index (χ3n) is 3.69. The van der Waals surface area contributed by atoms with Gasteiger partial charge in [0.05, 0.1) is 25.9 Å². The van der Waals surface area contributed by atoms with Crippen molar-refractivity contribution in [2.75, 3.05) is 26.8 Å². The fourth-order valence-electron chi connectivity index (χ4n) is 2.73. The molecule has 1 aliphatic rings. The number of benzene rings is 1. The smallest absolute Gasteiger partial charge is 0.119 e. The average Bonchev–Trinajstić information content (AvgIpc) is 2.79. The van der Waals surface area contributed by atoms with Crippen LogP contribution in [0.3, 0.4) is 0 Å². The molecule has 0 aliphatic carbocycles. The fourth-order valence-corrected chi connectivity index (χ4v) is 2.73. The lowest BCUT2D eigenvalue weighted by molar-refractivity contribution is 0.0542. The Morgan fingerprint density at radius 3 is 2.90 bits per heavy atom. The maximum atomic E-state index is 9.95. The minimum Gasteiger partial charge on any atom is -0.497 e. The zero-order chi connectivity index (χ0) is 14.5. The number of aliphatic hydroxyl groups is 1. The molecule has 1 fully saturated rings. The van der Waals surface area contributed by atoms with E-state index in [-0.39, 0.29) is 18.2 Å². The topological polar surface area (TPSA) is 41.9 Å². The van der Waals surface area contributed by atoms with Crippen LogP contribution in [0.15, 0.2) is 24.3 Å². The number of nitrogens with zero attached hydrogens (tertiary/aromatic N) is 1. The summed E-state index contributed by atoms with van der Waals surface area (Å²) in [5, 5.41) is 9.95. The Bertz CT molecular complexity index is 422. The lowest BCUT2D eigenvalue weighted by Crippen LogP contribution is -2.29. The summed E-state index contributed by atoms with van der Waals surface area (Å²) < 4.78 is 10.9. The number of ether oxygens (including phenoxy) is 2. The molecule has 1 saturated heterocycles. The Morgan fingerprint density at radius 2 is 2.20 bits per heavy atom. The predicted octanol–water partition coefficient (Wildman–Crippen LogP) is 2.23. The van der Waals surface area contributed by atoms with E-state index < -0.39 is 0 Å². The Hall–Kier alpha value is -1.10.